The van der Waals surface area contributed by atoms with E-state index in [4.69, 9.17) is 4.42 Å². The molecule has 0 bridgehead atoms. The molecule has 90 valence electrons. The van der Waals surface area contributed by atoms with E-state index >= 15 is 0 Å². The molecule has 0 saturated carbocycles. The van der Waals surface area contributed by atoms with E-state index in [1.807, 2.05) is 17.7 Å². The Morgan fingerprint density at radius 1 is 1.53 bits per heavy atom. The average Bonchev–Trinajstić information content (AvgIpc) is 2.96. The van der Waals surface area contributed by atoms with Gasteiger partial charge >= 0.3 is 0 Å². The number of nitrogens with one attached hydrogen (secondary N) is 1. The summed E-state index contributed by atoms with van der Waals surface area (Å²) in [6, 6.07) is 5.30. The molecule has 0 aliphatic heterocycles. The Morgan fingerprint density at radius 3 is 3.06 bits per heavy atom. The van der Waals surface area contributed by atoms with Crippen LogP contribution >= 0.6 is 0 Å². The maximum Gasteiger partial charge on any atom is 0.286 e. The minimum Gasteiger partial charge on any atom is -0.459 e. The third-order valence-electron chi connectivity index (χ3n) is 2.51. The van der Waals surface area contributed by atoms with E-state index in [1.165, 1.54) is 6.26 Å². The van der Waals surface area contributed by atoms with Crippen molar-refractivity contribution in [2.24, 2.45) is 0 Å². The Kier molecular flexibility index (Phi) is 3.59. The fourth-order valence-electron chi connectivity index (χ4n) is 1.56. The molecule has 2 aromatic rings. The molecule has 0 aliphatic rings. The van der Waals surface area contributed by atoms with Crippen LogP contribution in [0.25, 0.3) is 0 Å². The number of nitrogens with zero attached hydrogens (tertiary/aromatic N) is 2. The molecule has 2 heterocycles. The molecule has 1 N–H and O–H groups in total. The van der Waals surface area contributed by atoms with Crippen LogP contribution in [-0.2, 0) is 6.54 Å². The number of carbonyl (C=O) groups is 1. The van der Waals surface area contributed by atoms with Crippen molar-refractivity contribution in [2.75, 3.05) is 6.54 Å². The van der Waals surface area contributed by atoms with Crippen molar-refractivity contribution in [3.63, 3.8) is 0 Å². The van der Waals surface area contributed by atoms with Crippen molar-refractivity contribution in [3.05, 3.63) is 42.1 Å². The molecule has 2 rings (SSSR count). The highest BCUT2D eigenvalue weighted by Gasteiger charge is 2.06. The van der Waals surface area contributed by atoms with Gasteiger partial charge in [0.15, 0.2) is 5.76 Å². The van der Waals surface area contributed by atoms with Gasteiger partial charge in [-0.15, -0.1) is 0 Å². The Balaban J connectivity index is 1.70. The lowest BCUT2D eigenvalue weighted by Gasteiger charge is -2.05. The average molecular weight is 233 g/mol. The Labute approximate surface area is 99.4 Å². The van der Waals surface area contributed by atoms with Crippen molar-refractivity contribution >= 4 is 5.91 Å². The molecule has 5 nitrogen and oxygen atoms in total. The fraction of sp³-hybridized carbons (Fsp3) is 0.333. The molecule has 0 atom stereocenters. The van der Waals surface area contributed by atoms with Gasteiger partial charge in [0.25, 0.3) is 5.91 Å². The lowest BCUT2D eigenvalue weighted by atomic mass is 10.3. The minimum absolute atomic E-state index is 0.174. The second-order valence-electron chi connectivity index (χ2n) is 3.78. The standard InChI is InChI=1S/C12H15N3O2/c1-10-5-7-14-15(10)8-3-6-13-12(16)11-4-2-9-17-11/h2,4-5,7,9H,3,6,8H2,1H3,(H,13,16). The van der Waals surface area contributed by atoms with Crippen molar-refractivity contribution in [1.82, 2.24) is 15.1 Å². The SMILES string of the molecule is Cc1ccnn1CCCNC(=O)c1ccco1. The van der Waals surface area contributed by atoms with Gasteiger partial charge in [0.1, 0.15) is 0 Å². The quantitative estimate of drug-likeness (QED) is 0.798. The monoisotopic (exact) mass is 233 g/mol. The molecule has 17 heavy (non-hydrogen) atoms. The van der Waals surface area contributed by atoms with E-state index in [2.05, 4.69) is 10.4 Å². The van der Waals surface area contributed by atoms with Gasteiger partial charge in [-0.2, -0.15) is 5.10 Å². The second-order valence-corrected chi connectivity index (χ2v) is 3.78. The van der Waals surface area contributed by atoms with Gasteiger partial charge in [0.2, 0.25) is 0 Å². The highest BCUT2D eigenvalue weighted by molar-refractivity contribution is 5.91. The third kappa shape index (κ3) is 2.96. The molecule has 5 heteroatoms. The lowest BCUT2D eigenvalue weighted by Crippen LogP contribution is -2.25. The van der Waals surface area contributed by atoms with Crippen LogP contribution in [0.15, 0.2) is 35.1 Å². The van der Waals surface area contributed by atoms with Crippen LogP contribution in [-0.4, -0.2) is 22.2 Å². The van der Waals surface area contributed by atoms with Gasteiger partial charge in [-0.3, -0.25) is 9.48 Å². The van der Waals surface area contributed by atoms with E-state index in [9.17, 15) is 4.79 Å². The van der Waals surface area contributed by atoms with Gasteiger partial charge in [0, 0.05) is 25.0 Å². The van der Waals surface area contributed by atoms with Crippen molar-refractivity contribution < 1.29 is 9.21 Å². The largest absolute Gasteiger partial charge is 0.459 e. The van der Waals surface area contributed by atoms with E-state index in [0.717, 1.165) is 18.7 Å². The van der Waals surface area contributed by atoms with Crippen LogP contribution in [0.4, 0.5) is 0 Å². The van der Waals surface area contributed by atoms with Crippen LogP contribution in [0.2, 0.25) is 0 Å². The predicted octanol–water partition coefficient (Wildman–Crippen LogP) is 1.60. The maximum atomic E-state index is 11.5. The zero-order valence-electron chi connectivity index (χ0n) is 9.72. The van der Waals surface area contributed by atoms with Crippen LogP contribution in [0.5, 0.6) is 0 Å². The van der Waals surface area contributed by atoms with E-state index in [1.54, 1.807) is 18.3 Å². The molecule has 1 amide bonds. The fourth-order valence-corrected chi connectivity index (χ4v) is 1.56. The van der Waals surface area contributed by atoms with Crippen LogP contribution < -0.4 is 5.32 Å². The van der Waals surface area contributed by atoms with Crippen molar-refractivity contribution in [1.29, 1.82) is 0 Å². The smallest absolute Gasteiger partial charge is 0.286 e. The van der Waals surface area contributed by atoms with Crippen LogP contribution in [0, 0.1) is 6.92 Å². The topological polar surface area (TPSA) is 60.1 Å². The highest BCUT2D eigenvalue weighted by atomic mass is 16.3. The first-order chi connectivity index (χ1) is 8.27. The third-order valence-corrected chi connectivity index (χ3v) is 2.51. The molecular weight excluding hydrogens is 218 g/mol. The summed E-state index contributed by atoms with van der Waals surface area (Å²) in [5, 5.41) is 6.96. The number of hydrogen-bond acceptors (Lipinski definition) is 3. The number of amides is 1. The van der Waals surface area contributed by atoms with Gasteiger partial charge in [-0.1, -0.05) is 0 Å². The minimum atomic E-state index is -0.174. The first-order valence-corrected chi connectivity index (χ1v) is 5.57. The van der Waals surface area contributed by atoms with Gasteiger partial charge in [0.05, 0.1) is 6.26 Å². The molecule has 0 aromatic carbocycles. The molecular formula is C12H15N3O2. The lowest BCUT2D eigenvalue weighted by molar-refractivity contribution is 0.0925. The summed E-state index contributed by atoms with van der Waals surface area (Å²) in [6.07, 6.45) is 4.10. The van der Waals surface area contributed by atoms with Crippen molar-refractivity contribution in [2.45, 2.75) is 19.9 Å². The Bertz CT molecular complexity index is 474. The second kappa shape index (κ2) is 5.34. The van der Waals surface area contributed by atoms with Gasteiger partial charge in [-0.25, -0.2) is 0 Å². The Morgan fingerprint density at radius 2 is 2.41 bits per heavy atom. The number of furan rings is 1. The number of rotatable bonds is 5. The zero-order valence-corrected chi connectivity index (χ0v) is 9.72. The van der Waals surface area contributed by atoms with Crippen LogP contribution in [0.1, 0.15) is 22.7 Å². The number of aromatic nitrogens is 2. The number of carbonyl (C=O) groups excluding carboxylic acids is 1. The summed E-state index contributed by atoms with van der Waals surface area (Å²) in [4.78, 5) is 11.5. The van der Waals surface area contributed by atoms with Crippen LogP contribution in [0.3, 0.4) is 0 Å². The summed E-state index contributed by atoms with van der Waals surface area (Å²) in [5.41, 5.74) is 1.13. The molecule has 0 radical (unpaired) electrons. The van der Waals surface area contributed by atoms with E-state index in [-0.39, 0.29) is 5.91 Å². The summed E-state index contributed by atoms with van der Waals surface area (Å²) in [5.74, 6) is 0.174. The van der Waals surface area contributed by atoms with E-state index in [0.29, 0.717) is 12.3 Å². The van der Waals surface area contributed by atoms with E-state index < -0.39 is 0 Å². The molecule has 0 aliphatic carbocycles. The molecule has 2 aromatic heterocycles. The van der Waals surface area contributed by atoms with Gasteiger partial charge < -0.3 is 9.73 Å². The Hall–Kier alpha value is -2.04. The predicted molar refractivity (Wildman–Crippen MR) is 62.6 cm³/mol. The molecule has 0 spiro atoms. The highest BCUT2D eigenvalue weighted by Crippen LogP contribution is 2.00. The van der Waals surface area contributed by atoms with Crippen molar-refractivity contribution in [3.8, 4) is 0 Å². The first-order valence-electron chi connectivity index (χ1n) is 5.57. The maximum absolute atomic E-state index is 11.5. The molecule has 0 unspecified atom stereocenters. The summed E-state index contributed by atoms with van der Waals surface area (Å²) < 4.78 is 6.90. The zero-order chi connectivity index (χ0) is 12.1. The normalized spacial score (nSPS) is 10.4. The molecule has 0 saturated heterocycles. The van der Waals surface area contributed by atoms with Gasteiger partial charge in [-0.05, 0) is 31.5 Å². The summed E-state index contributed by atoms with van der Waals surface area (Å²) >= 11 is 0. The first kappa shape index (κ1) is 11.4. The molecule has 0 fully saturated rings. The summed E-state index contributed by atoms with van der Waals surface area (Å²) in [6.45, 7) is 3.42. The summed E-state index contributed by atoms with van der Waals surface area (Å²) in [7, 11) is 0. The number of aryl methyl sites for hydroxylation is 2. The number of hydrogen-bond donors (Lipinski definition) is 1.